The van der Waals surface area contributed by atoms with Gasteiger partial charge in [0.15, 0.2) is 5.75 Å². The van der Waals surface area contributed by atoms with Crippen molar-refractivity contribution in [2.75, 3.05) is 32.6 Å². The van der Waals surface area contributed by atoms with Gasteiger partial charge in [-0.1, -0.05) is 6.42 Å². The predicted octanol–water partition coefficient (Wildman–Crippen LogP) is 3.95. The Morgan fingerprint density at radius 3 is 2.45 bits per heavy atom. The first kappa shape index (κ1) is 18.9. The summed E-state index contributed by atoms with van der Waals surface area (Å²) in [6, 6.07) is 3.32. The first-order valence-electron chi connectivity index (χ1n) is 11.2. The molecular formula is C23H32N4O2. The maximum atomic E-state index is 5.49. The fourth-order valence-electron chi connectivity index (χ4n) is 5.12. The van der Waals surface area contributed by atoms with Gasteiger partial charge in [0.25, 0.3) is 5.88 Å². The van der Waals surface area contributed by atoms with Crippen LogP contribution in [-0.4, -0.2) is 54.3 Å². The zero-order chi connectivity index (χ0) is 19.8. The van der Waals surface area contributed by atoms with E-state index >= 15 is 0 Å². The minimum atomic E-state index is 0.498. The highest BCUT2D eigenvalue weighted by Crippen LogP contribution is 2.38. The summed E-state index contributed by atoms with van der Waals surface area (Å²) in [5.41, 5.74) is 5.60. The van der Waals surface area contributed by atoms with Crippen LogP contribution in [0.15, 0.2) is 6.07 Å². The van der Waals surface area contributed by atoms with Gasteiger partial charge in [-0.2, -0.15) is 0 Å². The van der Waals surface area contributed by atoms with Gasteiger partial charge < -0.3 is 19.7 Å². The molecule has 2 aromatic heterocycles. The number of anilines is 1. The summed E-state index contributed by atoms with van der Waals surface area (Å²) in [5.74, 6) is 1.17. The molecule has 0 radical (unpaired) electrons. The van der Waals surface area contributed by atoms with Crippen LogP contribution in [0.1, 0.15) is 56.2 Å². The van der Waals surface area contributed by atoms with Crippen molar-refractivity contribution in [3.8, 4) is 11.6 Å². The van der Waals surface area contributed by atoms with E-state index in [0.29, 0.717) is 17.7 Å². The molecule has 0 atom stereocenters. The topological polar surface area (TPSA) is 59.5 Å². The van der Waals surface area contributed by atoms with Gasteiger partial charge in [0.2, 0.25) is 0 Å². The van der Waals surface area contributed by atoms with Crippen molar-refractivity contribution in [3.05, 3.63) is 17.3 Å². The van der Waals surface area contributed by atoms with Crippen molar-refractivity contribution < 1.29 is 9.47 Å². The average Bonchev–Trinajstić information content (AvgIpc) is 2.72. The largest absolute Gasteiger partial charge is 0.491 e. The third kappa shape index (κ3) is 3.52. The Kier molecular flexibility index (Phi) is 5.20. The van der Waals surface area contributed by atoms with Crippen molar-refractivity contribution in [2.24, 2.45) is 0 Å². The summed E-state index contributed by atoms with van der Waals surface area (Å²) in [5, 5.41) is 3.91. The fourth-order valence-corrected chi connectivity index (χ4v) is 5.12. The van der Waals surface area contributed by atoms with Crippen molar-refractivity contribution in [1.29, 1.82) is 0 Å². The number of fused-ring (bicyclic) bond motifs is 2. The summed E-state index contributed by atoms with van der Waals surface area (Å²) in [6.45, 7) is 2.41. The number of nitrogens with zero attached hydrogens (tertiary/aromatic N) is 3. The van der Waals surface area contributed by atoms with Crippen LogP contribution < -0.4 is 14.8 Å². The van der Waals surface area contributed by atoms with Gasteiger partial charge in [-0.25, -0.2) is 4.98 Å². The summed E-state index contributed by atoms with van der Waals surface area (Å²) in [4.78, 5) is 12.5. The summed E-state index contributed by atoms with van der Waals surface area (Å²) < 4.78 is 11.0. The number of piperidine rings is 1. The summed E-state index contributed by atoms with van der Waals surface area (Å²) in [6.07, 6.45) is 11.2. The van der Waals surface area contributed by atoms with Gasteiger partial charge in [-0.15, -0.1) is 0 Å². The predicted molar refractivity (Wildman–Crippen MR) is 115 cm³/mol. The number of hydrogen-bond donors (Lipinski definition) is 1. The highest BCUT2D eigenvalue weighted by atomic mass is 16.5. The number of methoxy groups -OCH3 is 2. The minimum absolute atomic E-state index is 0.498. The first-order valence-corrected chi connectivity index (χ1v) is 11.2. The second kappa shape index (κ2) is 7.98. The Bertz CT molecular complexity index is 883. The second-order valence-corrected chi connectivity index (χ2v) is 8.73. The van der Waals surface area contributed by atoms with Crippen LogP contribution in [0.25, 0.3) is 11.0 Å². The number of likely N-dealkylation sites (tertiary alicyclic amines) is 1. The molecule has 0 spiro atoms. The Hall–Kier alpha value is -2.08. The number of aryl methyl sites for hydroxylation is 1. The van der Waals surface area contributed by atoms with Gasteiger partial charge in [0, 0.05) is 36.9 Å². The van der Waals surface area contributed by atoms with E-state index in [-0.39, 0.29) is 0 Å². The zero-order valence-corrected chi connectivity index (χ0v) is 17.7. The molecule has 1 aliphatic heterocycles. The number of aromatic nitrogens is 2. The normalized spacial score (nSPS) is 20.9. The summed E-state index contributed by atoms with van der Waals surface area (Å²) in [7, 11) is 3.30. The molecule has 1 saturated carbocycles. The second-order valence-electron chi connectivity index (χ2n) is 8.73. The van der Waals surface area contributed by atoms with Crippen LogP contribution in [0.5, 0.6) is 11.6 Å². The van der Waals surface area contributed by atoms with E-state index in [4.69, 9.17) is 19.4 Å². The standard InChI is InChI=1S/C23H32N4O2/c1-28-20-14-19-22(26-23(20)29-2)21(17-8-3-4-9-18(17)25-19)24-15-10-12-27(13-11-15)16-6-5-7-16/h14-16H,3-13H2,1-2H3,(H,24,25). The third-order valence-corrected chi connectivity index (χ3v) is 7.05. The Morgan fingerprint density at radius 1 is 0.966 bits per heavy atom. The monoisotopic (exact) mass is 396 g/mol. The molecule has 1 saturated heterocycles. The Morgan fingerprint density at radius 2 is 1.76 bits per heavy atom. The molecule has 5 rings (SSSR count). The van der Waals surface area contributed by atoms with Crippen LogP contribution in [0, 0.1) is 0 Å². The lowest BCUT2D eigenvalue weighted by molar-refractivity contribution is 0.101. The van der Waals surface area contributed by atoms with Gasteiger partial charge in [-0.05, 0) is 56.9 Å². The lowest BCUT2D eigenvalue weighted by Gasteiger charge is -2.42. The molecular weight excluding hydrogens is 364 g/mol. The highest BCUT2D eigenvalue weighted by molar-refractivity contribution is 5.91. The number of rotatable bonds is 5. The van der Waals surface area contributed by atoms with E-state index in [2.05, 4.69) is 10.2 Å². The van der Waals surface area contributed by atoms with Crippen LogP contribution in [0.2, 0.25) is 0 Å². The lowest BCUT2D eigenvalue weighted by atomic mass is 9.89. The van der Waals surface area contributed by atoms with Crippen molar-refractivity contribution >= 4 is 16.7 Å². The van der Waals surface area contributed by atoms with Crippen molar-refractivity contribution in [3.63, 3.8) is 0 Å². The van der Waals surface area contributed by atoms with Gasteiger partial charge in [0.1, 0.15) is 5.52 Å². The average molecular weight is 397 g/mol. The molecule has 1 N–H and O–H groups in total. The molecule has 6 heteroatoms. The molecule has 0 amide bonds. The fraction of sp³-hybridized carbons (Fsp3) is 0.652. The molecule has 0 bridgehead atoms. The van der Waals surface area contributed by atoms with Crippen molar-refractivity contribution in [1.82, 2.24) is 14.9 Å². The molecule has 6 nitrogen and oxygen atoms in total. The molecule has 0 unspecified atom stereocenters. The highest BCUT2D eigenvalue weighted by Gasteiger charge is 2.30. The third-order valence-electron chi connectivity index (χ3n) is 7.05. The van der Waals surface area contributed by atoms with E-state index in [9.17, 15) is 0 Å². The van der Waals surface area contributed by atoms with E-state index < -0.39 is 0 Å². The maximum absolute atomic E-state index is 5.49. The number of ether oxygens (including phenoxy) is 2. The van der Waals surface area contributed by atoms with Gasteiger partial charge in [-0.3, -0.25) is 4.98 Å². The first-order chi connectivity index (χ1) is 14.3. The van der Waals surface area contributed by atoms with Crippen LogP contribution in [0.4, 0.5) is 5.69 Å². The van der Waals surface area contributed by atoms with Crippen LogP contribution in [0.3, 0.4) is 0 Å². The molecule has 3 heterocycles. The molecule has 2 fully saturated rings. The van der Waals surface area contributed by atoms with E-state index in [0.717, 1.165) is 29.9 Å². The molecule has 2 aromatic rings. The minimum Gasteiger partial charge on any atom is -0.491 e. The van der Waals surface area contributed by atoms with E-state index in [1.165, 1.54) is 75.0 Å². The smallest absolute Gasteiger partial charge is 0.257 e. The van der Waals surface area contributed by atoms with Crippen LogP contribution >= 0.6 is 0 Å². The van der Waals surface area contributed by atoms with Crippen LogP contribution in [-0.2, 0) is 12.8 Å². The molecule has 29 heavy (non-hydrogen) atoms. The number of pyridine rings is 2. The Balaban J connectivity index is 1.47. The maximum Gasteiger partial charge on any atom is 0.257 e. The quantitative estimate of drug-likeness (QED) is 0.826. The molecule has 2 aliphatic carbocycles. The number of nitrogens with one attached hydrogen (secondary N) is 1. The van der Waals surface area contributed by atoms with E-state index in [1.54, 1.807) is 14.2 Å². The molecule has 0 aromatic carbocycles. The van der Waals surface area contributed by atoms with Gasteiger partial charge >= 0.3 is 0 Å². The summed E-state index contributed by atoms with van der Waals surface area (Å²) >= 11 is 0. The zero-order valence-electron chi connectivity index (χ0n) is 17.7. The van der Waals surface area contributed by atoms with Crippen molar-refractivity contribution in [2.45, 2.75) is 69.9 Å². The number of hydrogen-bond acceptors (Lipinski definition) is 6. The van der Waals surface area contributed by atoms with Gasteiger partial charge in [0.05, 0.1) is 25.4 Å². The lowest BCUT2D eigenvalue weighted by Crippen LogP contribution is -2.47. The van der Waals surface area contributed by atoms with E-state index in [1.807, 2.05) is 6.07 Å². The Labute approximate surface area is 173 Å². The SMILES string of the molecule is COc1cc2nc3c(c(NC4CCN(C5CCC5)CC4)c2nc1OC)CCCC3. The molecule has 156 valence electrons. The molecule has 3 aliphatic rings.